The highest BCUT2D eigenvalue weighted by Gasteiger charge is 2.71. The maximum absolute atomic E-state index is 11.7. The third kappa shape index (κ3) is 1.76. The maximum Gasteiger partial charge on any atom is 0.249 e. The summed E-state index contributed by atoms with van der Waals surface area (Å²) in [6.45, 7) is 0. The molecule has 2 bridgehead atoms. The van der Waals surface area contributed by atoms with Crippen molar-refractivity contribution in [3.8, 4) is 0 Å². The van der Waals surface area contributed by atoms with Crippen LogP contribution in [0.2, 0.25) is 0 Å². The molecule has 0 aromatic heterocycles. The fourth-order valence-corrected chi connectivity index (χ4v) is 6.37. The van der Waals surface area contributed by atoms with Gasteiger partial charge >= 0.3 is 0 Å². The summed E-state index contributed by atoms with van der Waals surface area (Å²) in [5.41, 5.74) is 1.04. The average Bonchev–Trinajstić information content (AvgIpc) is 2.73. The first-order chi connectivity index (χ1) is 10.8. The zero-order valence-electron chi connectivity index (χ0n) is 11.3. The van der Waals surface area contributed by atoms with Crippen LogP contribution in [0.15, 0.2) is 22.3 Å². The molecule has 23 heavy (non-hydrogen) atoms. The van der Waals surface area contributed by atoms with Crippen LogP contribution in [0.1, 0.15) is 6.42 Å². The quantitative estimate of drug-likeness (QED) is 0.688. The smallest absolute Gasteiger partial charge is 0.249 e. The van der Waals surface area contributed by atoms with Crippen LogP contribution in [0.3, 0.4) is 0 Å². The fraction of sp³-hybridized carbons (Fsp3) is 0.467. The number of carbonyl (C=O) groups is 4. The molecule has 0 aromatic carbocycles. The summed E-state index contributed by atoms with van der Waals surface area (Å²) >= 11 is 22.5. The van der Waals surface area contributed by atoms with E-state index in [9.17, 15) is 19.2 Å². The van der Waals surface area contributed by atoms with E-state index in [1.54, 1.807) is 0 Å². The Hall–Kier alpha value is -0.680. The molecule has 0 saturated heterocycles. The van der Waals surface area contributed by atoms with Gasteiger partial charge in [0.2, 0.25) is 21.0 Å². The molecule has 8 heteroatoms. The predicted octanol–water partition coefficient (Wildman–Crippen LogP) is 2.78. The average molecular weight is 394 g/mol. The zero-order valence-corrected chi connectivity index (χ0v) is 14.3. The van der Waals surface area contributed by atoms with Gasteiger partial charge in [-0.25, -0.2) is 0 Å². The first-order valence-corrected chi connectivity index (χ1v) is 8.56. The van der Waals surface area contributed by atoms with Crippen LogP contribution in [-0.4, -0.2) is 21.0 Å². The molecule has 4 atom stereocenters. The molecule has 4 aliphatic carbocycles. The second-order valence-corrected chi connectivity index (χ2v) is 7.79. The predicted molar refractivity (Wildman–Crippen MR) is 83.0 cm³/mol. The highest BCUT2D eigenvalue weighted by atomic mass is 35.5. The van der Waals surface area contributed by atoms with Gasteiger partial charge in [-0.1, -0.05) is 0 Å². The number of allylic oxidation sites excluding steroid dienone is 4. The summed E-state index contributed by atoms with van der Waals surface area (Å²) in [5.74, 6) is -0.845. The van der Waals surface area contributed by atoms with Gasteiger partial charge in [-0.05, 0) is 88.3 Å². The molecule has 2 saturated carbocycles. The summed E-state index contributed by atoms with van der Waals surface area (Å²) in [7, 11) is 0. The van der Waals surface area contributed by atoms with E-state index < -0.39 is 21.0 Å². The molecule has 0 amide bonds. The van der Waals surface area contributed by atoms with Gasteiger partial charge in [0, 0.05) is 22.3 Å². The Kier molecular flexibility index (Phi) is 3.38. The Morgan fingerprint density at radius 3 is 0.957 bits per heavy atom. The number of rotatable bonds is 4. The van der Waals surface area contributed by atoms with E-state index in [-0.39, 0.29) is 57.8 Å². The third-order valence-corrected chi connectivity index (χ3v) is 6.74. The molecule has 0 spiro atoms. The van der Waals surface area contributed by atoms with Crippen molar-refractivity contribution in [2.75, 3.05) is 0 Å². The summed E-state index contributed by atoms with van der Waals surface area (Å²) in [5, 5.41) is -2.74. The van der Waals surface area contributed by atoms with Crippen LogP contribution in [0, 0.1) is 35.5 Å². The standard InChI is InChI=1S/C15H8Cl4O4/c16-12(20)8-4-2-1-3(6(4)10(8)14(18)22)7-5(2)9(13(17)21)11(7)15(19)23/h2-7H,1H2. The van der Waals surface area contributed by atoms with Gasteiger partial charge in [0.25, 0.3) is 0 Å². The van der Waals surface area contributed by atoms with Crippen molar-refractivity contribution in [1.82, 2.24) is 0 Å². The molecule has 120 valence electrons. The topological polar surface area (TPSA) is 68.3 Å². The lowest BCUT2D eigenvalue weighted by Crippen LogP contribution is -2.52. The minimum atomic E-state index is -0.685. The van der Waals surface area contributed by atoms with E-state index in [4.69, 9.17) is 46.4 Å². The summed E-state index contributed by atoms with van der Waals surface area (Å²) < 4.78 is 0. The van der Waals surface area contributed by atoms with Gasteiger partial charge in [0.05, 0.1) is 0 Å². The van der Waals surface area contributed by atoms with Crippen LogP contribution in [0.5, 0.6) is 0 Å². The van der Waals surface area contributed by atoms with Crippen LogP contribution >= 0.6 is 46.4 Å². The normalized spacial score (nSPS) is 39.5. The van der Waals surface area contributed by atoms with Gasteiger partial charge in [-0.3, -0.25) is 19.2 Å². The first kappa shape index (κ1) is 15.8. The SMILES string of the molecule is O=C(Cl)C1=C(C(=O)Cl)C2C3CC(C12)C1C(C(=O)Cl)=C(C(=O)Cl)C31. The molecule has 2 fully saturated rings. The Balaban J connectivity index is 1.79. The van der Waals surface area contributed by atoms with Gasteiger partial charge in [0.15, 0.2) is 0 Å². The van der Waals surface area contributed by atoms with E-state index in [2.05, 4.69) is 0 Å². The van der Waals surface area contributed by atoms with E-state index in [0.29, 0.717) is 6.42 Å². The number of carbonyl (C=O) groups excluding carboxylic acids is 4. The van der Waals surface area contributed by atoms with Gasteiger partial charge in [0.1, 0.15) is 0 Å². The molecule has 0 radical (unpaired) electrons. The lowest BCUT2D eigenvalue weighted by atomic mass is 9.50. The van der Waals surface area contributed by atoms with Gasteiger partial charge in [-0.2, -0.15) is 0 Å². The number of hydrogen-bond donors (Lipinski definition) is 0. The zero-order chi connectivity index (χ0) is 16.8. The molecule has 0 aliphatic heterocycles. The van der Waals surface area contributed by atoms with E-state index in [1.165, 1.54) is 0 Å². The molecule has 0 heterocycles. The number of halogens is 4. The second kappa shape index (κ2) is 4.92. The lowest BCUT2D eigenvalue weighted by Gasteiger charge is -2.52. The van der Waals surface area contributed by atoms with Crippen molar-refractivity contribution in [2.24, 2.45) is 35.5 Å². The molecule has 4 nitrogen and oxygen atoms in total. The Morgan fingerprint density at radius 2 is 0.783 bits per heavy atom. The summed E-state index contributed by atoms with van der Waals surface area (Å²) in [4.78, 5) is 46.7. The van der Waals surface area contributed by atoms with E-state index >= 15 is 0 Å². The van der Waals surface area contributed by atoms with Gasteiger partial charge < -0.3 is 0 Å². The van der Waals surface area contributed by atoms with E-state index in [0.717, 1.165) is 0 Å². The minimum absolute atomic E-state index is 0.0371. The molecule has 0 aromatic rings. The summed E-state index contributed by atoms with van der Waals surface area (Å²) in [6, 6.07) is 0. The Bertz CT molecular complexity index is 656. The molecule has 0 N–H and O–H groups in total. The van der Waals surface area contributed by atoms with Crippen molar-refractivity contribution in [3.05, 3.63) is 22.3 Å². The first-order valence-electron chi connectivity index (χ1n) is 7.04. The van der Waals surface area contributed by atoms with Crippen molar-refractivity contribution in [2.45, 2.75) is 6.42 Å². The van der Waals surface area contributed by atoms with Gasteiger partial charge in [-0.15, -0.1) is 0 Å². The molecular weight excluding hydrogens is 386 g/mol. The second-order valence-electron chi connectivity index (χ2n) is 6.42. The lowest BCUT2D eigenvalue weighted by molar-refractivity contribution is -0.116. The Labute approximate surface area is 150 Å². The largest absolute Gasteiger partial charge is 0.276 e. The van der Waals surface area contributed by atoms with Crippen LogP contribution in [-0.2, 0) is 19.2 Å². The van der Waals surface area contributed by atoms with E-state index in [1.807, 2.05) is 0 Å². The number of hydrogen-bond acceptors (Lipinski definition) is 4. The van der Waals surface area contributed by atoms with Crippen LogP contribution in [0.25, 0.3) is 0 Å². The van der Waals surface area contributed by atoms with Crippen molar-refractivity contribution < 1.29 is 19.2 Å². The van der Waals surface area contributed by atoms with Crippen molar-refractivity contribution >= 4 is 67.4 Å². The highest BCUT2D eigenvalue weighted by molar-refractivity contribution is 6.72. The van der Waals surface area contributed by atoms with Crippen molar-refractivity contribution in [1.29, 1.82) is 0 Å². The van der Waals surface area contributed by atoms with Crippen LogP contribution < -0.4 is 0 Å². The third-order valence-electron chi connectivity index (χ3n) is 5.92. The summed E-state index contributed by atoms with van der Waals surface area (Å²) in [6.07, 6.45) is 0.688. The monoisotopic (exact) mass is 392 g/mol. The number of fused-ring (bicyclic) bond motifs is 8. The molecular formula is C15H8Cl4O4. The molecule has 4 unspecified atom stereocenters. The highest BCUT2D eigenvalue weighted by Crippen LogP contribution is 2.74. The fourth-order valence-electron chi connectivity index (χ4n) is 5.46. The van der Waals surface area contributed by atoms with Crippen molar-refractivity contribution in [3.63, 3.8) is 0 Å². The minimum Gasteiger partial charge on any atom is -0.276 e. The molecule has 4 aliphatic rings. The molecule has 4 rings (SSSR count). The Morgan fingerprint density at radius 1 is 0.565 bits per heavy atom. The van der Waals surface area contributed by atoms with Crippen LogP contribution in [0.4, 0.5) is 0 Å². The maximum atomic E-state index is 11.7.